The van der Waals surface area contributed by atoms with Gasteiger partial charge >= 0.3 is 0 Å². The van der Waals surface area contributed by atoms with Gasteiger partial charge in [0.1, 0.15) is 17.1 Å². The highest BCUT2D eigenvalue weighted by Gasteiger charge is 2.27. The van der Waals surface area contributed by atoms with Crippen molar-refractivity contribution in [1.29, 1.82) is 0 Å². The molecule has 30 heavy (non-hydrogen) atoms. The number of rotatable bonds is 5. The molecular weight excluding hydrogens is 432 g/mol. The molecule has 0 radical (unpaired) electrons. The predicted molar refractivity (Wildman–Crippen MR) is 112 cm³/mol. The molecule has 4 rings (SSSR count). The number of benzene rings is 2. The van der Waals surface area contributed by atoms with Crippen molar-refractivity contribution < 1.29 is 22.0 Å². The lowest BCUT2D eigenvalue weighted by molar-refractivity contribution is -0.128. The minimum absolute atomic E-state index is 0.127. The monoisotopic (exact) mass is 451 g/mol. The standard InChI is InChI=1S/C20H19F2N3O3S2/c21-15-10-16(22)19-17(11-15)29-20(23-19)25-8-6-24(7-9-25)18(26)13-30(27,28)12-14-4-2-1-3-5-14/h1-5,10-11H,6-9,12-13H2. The lowest BCUT2D eigenvalue weighted by atomic mass is 10.2. The van der Waals surface area contributed by atoms with E-state index < -0.39 is 33.1 Å². The van der Waals surface area contributed by atoms with E-state index in [0.29, 0.717) is 41.6 Å². The molecule has 0 aliphatic carbocycles. The first-order valence-corrected chi connectivity index (χ1v) is 12.0. The summed E-state index contributed by atoms with van der Waals surface area (Å²) in [6.45, 7) is 1.56. The minimum atomic E-state index is -3.57. The molecule has 10 heteroatoms. The number of amides is 1. The van der Waals surface area contributed by atoms with Gasteiger partial charge in [-0.05, 0) is 11.6 Å². The van der Waals surface area contributed by atoms with Crippen LogP contribution in [0.4, 0.5) is 13.9 Å². The first-order valence-electron chi connectivity index (χ1n) is 9.33. The third kappa shape index (κ3) is 4.59. The lowest BCUT2D eigenvalue weighted by Gasteiger charge is -2.34. The molecule has 1 aliphatic heterocycles. The number of hydrogen-bond donors (Lipinski definition) is 0. The summed E-state index contributed by atoms with van der Waals surface area (Å²) in [5.74, 6) is -2.49. The summed E-state index contributed by atoms with van der Waals surface area (Å²) in [5, 5.41) is 0.554. The summed E-state index contributed by atoms with van der Waals surface area (Å²) in [6, 6.07) is 10.8. The molecule has 0 atom stereocenters. The maximum atomic E-state index is 13.9. The van der Waals surface area contributed by atoms with Gasteiger partial charge in [0.2, 0.25) is 5.91 Å². The second kappa shape index (κ2) is 8.27. The first-order chi connectivity index (χ1) is 14.3. The molecule has 158 valence electrons. The molecule has 0 bridgehead atoms. The molecular formula is C20H19F2N3O3S2. The summed E-state index contributed by atoms with van der Waals surface area (Å²) in [4.78, 5) is 20.2. The van der Waals surface area contributed by atoms with Gasteiger partial charge in [0, 0.05) is 32.2 Å². The van der Waals surface area contributed by atoms with Crippen molar-refractivity contribution in [3.8, 4) is 0 Å². The number of aromatic nitrogens is 1. The molecule has 6 nitrogen and oxygen atoms in total. The van der Waals surface area contributed by atoms with Crippen molar-refractivity contribution >= 4 is 42.4 Å². The summed E-state index contributed by atoms with van der Waals surface area (Å²) in [7, 11) is -3.57. The summed E-state index contributed by atoms with van der Waals surface area (Å²) < 4.78 is 52.4. The van der Waals surface area contributed by atoms with Crippen LogP contribution in [0.3, 0.4) is 0 Å². The Morgan fingerprint density at radius 3 is 2.47 bits per heavy atom. The van der Waals surface area contributed by atoms with E-state index in [1.807, 2.05) is 4.90 Å². The molecule has 0 spiro atoms. The highest BCUT2D eigenvalue weighted by Crippen LogP contribution is 2.31. The number of halogens is 2. The van der Waals surface area contributed by atoms with Crippen molar-refractivity contribution in [2.45, 2.75) is 5.75 Å². The highest BCUT2D eigenvalue weighted by atomic mass is 32.2. The van der Waals surface area contributed by atoms with Crippen molar-refractivity contribution in [3.63, 3.8) is 0 Å². The largest absolute Gasteiger partial charge is 0.345 e. The van der Waals surface area contributed by atoms with Gasteiger partial charge in [0.05, 0.1) is 10.5 Å². The quantitative estimate of drug-likeness (QED) is 0.597. The Morgan fingerprint density at radius 2 is 1.77 bits per heavy atom. The molecule has 2 aromatic carbocycles. The van der Waals surface area contributed by atoms with Crippen LogP contribution in [-0.4, -0.2) is 56.1 Å². The van der Waals surface area contributed by atoms with Crippen LogP contribution in [0.15, 0.2) is 42.5 Å². The Hall–Kier alpha value is -2.59. The number of hydrogen-bond acceptors (Lipinski definition) is 6. The molecule has 2 heterocycles. The van der Waals surface area contributed by atoms with E-state index >= 15 is 0 Å². The molecule has 1 saturated heterocycles. The van der Waals surface area contributed by atoms with Gasteiger partial charge in [-0.3, -0.25) is 4.79 Å². The lowest BCUT2D eigenvalue weighted by Crippen LogP contribution is -2.50. The molecule has 0 N–H and O–H groups in total. The van der Waals surface area contributed by atoms with E-state index in [0.717, 1.165) is 6.07 Å². The number of piperazine rings is 1. The van der Waals surface area contributed by atoms with Gasteiger partial charge in [-0.15, -0.1) is 0 Å². The Labute approximate surface area is 176 Å². The molecule has 1 fully saturated rings. The number of nitrogens with zero attached hydrogens (tertiary/aromatic N) is 3. The molecule has 1 aliphatic rings. The number of carbonyl (C=O) groups is 1. The number of carbonyl (C=O) groups excluding carboxylic acids is 1. The van der Waals surface area contributed by atoms with Gasteiger partial charge in [-0.2, -0.15) is 0 Å². The molecule has 0 saturated carbocycles. The average molecular weight is 452 g/mol. The fraction of sp³-hybridized carbons (Fsp3) is 0.300. The summed E-state index contributed by atoms with van der Waals surface area (Å²) in [6.07, 6.45) is 0. The number of anilines is 1. The van der Waals surface area contributed by atoms with Crippen LogP contribution in [0.25, 0.3) is 10.2 Å². The smallest absolute Gasteiger partial charge is 0.237 e. The fourth-order valence-corrected chi connectivity index (χ4v) is 5.80. The predicted octanol–water partition coefficient (Wildman–Crippen LogP) is 2.84. The van der Waals surface area contributed by atoms with Crippen LogP contribution < -0.4 is 4.90 Å². The van der Waals surface area contributed by atoms with E-state index in [4.69, 9.17) is 0 Å². The zero-order chi connectivity index (χ0) is 21.3. The third-order valence-corrected chi connectivity index (χ3v) is 7.40. The van der Waals surface area contributed by atoms with Crippen molar-refractivity contribution in [1.82, 2.24) is 9.88 Å². The topological polar surface area (TPSA) is 70.6 Å². The molecule has 1 amide bonds. The number of fused-ring (bicyclic) bond motifs is 1. The summed E-state index contributed by atoms with van der Waals surface area (Å²) >= 11 is 1.19. The normalized spacial score (nSPS) is 15.0. The maximum absolute atomic E-state index is 13.9. The molecule has 3 aromatic rings. The zero-order valence-corrected chi connectivity index (χ0v) is 17.6. The van der Waals surface area contributed by atoms with E-state index in [9.17, 15) is 22.0 Å². The number of sulfone groups is 1. The van der Waals surface area contributed by atoms with Crippen LogP contribution in [0.5, 0.6) is 0 Å². The van der Waals surface area contributed by atoms with E-state index in [2.05, 4.69) is 4.98 Å². The van der Waals surface area contributed by atoms with Crippen molar-refractivity contribution in [2.75, 3.05) is 36.8 Å². The second-order valence-corrected chi connectivity index (χ2v) is 10.2. The van der Waals surface area contributed by atoms with Crippen molar-refractivity contribution in [3.05, 3.63) is 59.7 Å². The van der Waals surface area contributed by atoms with Crippen LogP contribution in [0.2, 0.25) is 0 Å². The van der Waals surface area contributed by atoms with E-state index in [1.165, 1.54) is 22.3 Å². The van der Waals surface area contributed by atoms with E-state index in [1.54, 1.807) is 30.3 Å². The molecule has 0 unspecified atom stereocenters. The van der Waals surface area contributed by atoms with Crippen LogP contribution >= 0.6 is 11.3 Å². The fourth-order valence-electron chi connectivity index (χ4n) is 3.39. The SMILES string of the molecule is O=C(CS(=O)(=O)Cc1ccccc1)N1CCN(c2nc3c(F)cc(F)cc3s2)CC1. The third-order valence-electron chi connectivity index (χ3n) is 4.88. The number of thiazole rings is 1. The van der Waals surface area contributed by atoms with Gasteiger partial charge in [0.25, 0.3) is 0 Å². The van der Waals surface area contributed by atoms with Gasteiger partial charge in [-0.25, -0.2) is 22.2 Å². The summed E-state index contributed by atoms with van der Waals surface area (Å²) in [5.41, 5.74) is 0.775. The van der Waals surface area contributed by atoms with E-state index in [-0.39, 0.29) is 11.3 Å². The Bertz CT molecular complexity index is 1170. The Balaban J connectivity index is 1.37. The second-order valence-electron chi connectivity index (χ2n) is 7.12. The highest BCUT2D eigenvalue weighted by molar-refractivity contribution is 7.91. The van der Waals surface area contributed by atoms with Crippen LogP contribution in [0, 0.1) is 11.6 Å². The van der Waals surface area contributed by atoms with Crippen LogP contribution in [-0.2, 0) is 20.4 Å². The maximum Gasteiger partial charge on any atom is 0.237 e. The van der Waals surface area contributed by atoms with Crippen molar-refractivity contribution in [2.24, 2.45) is 0 Å². The van der Waals surface area contributed by atoms with Gasteiger partial charge < -0.3 is 9.80 Å². The zero-order valence-electron chi connectivity index (χ0n) is 15.9. The minimum Gasteiger partial charge on any atom is -0.345 e. The van der Waals surface area contributed by atoms with Gasteiger partial charge in [-0.1, -0.05) is 41.7 Å². The van der Waals surface area contributed by atoms with Gasteiger partial charge in [0.15, 0.2) is 20.8 Å². The van der Waals surface area contributed by atoms with Crippen LogP contribution in [0.1, 0.15) is 5.56 Å². The Morgan fingerprint density at radius 1 is 1.07 bits per heavy atom. The molecule has 1 aromatic heterocycles. The Kier molecular flexibility index (Phi) is 5.70. The first kappa shape index (κ1) is 20.7. The average Bonchev–Trinajstić information content (AvgIpc) is 3.12.